The quantitative estimate of drug-likeness (QED) is 0.855. The molecule has 19 heavy (non-hydrogen) atoms. The lowest BCUT2D eigenvalue weighted by Gasteiger charge is -2.14. The van der Waals surface area contributed by atoms with E-state index in [2.05, 4.69) is 10.1 Å². The maximum Gasteiger partial charge on any atom is 0.307 e. The minimum absolute atomic E-state index is 0.199. The largest absolute Gasteiger partial charge is 0.481 e. The van der Waals surface area contributed by atoms with E-state index in [1.54, 1.807) is 5.51 Å². The summed E-state index contributed by atoms with van der Waals surface area (Å²) in [5.74, 6) is -1.07. The Labute approximate surface area is 112 Å². The molecule has 1 saturated heterocycles. The van der Waals surface area contributed by atoms with Gasteiger partial charge in [-0.1, -0.05) is 11.3 Å². The minimum Gasteiger partial charge on any atom is -0.481 e. The number of fused-ring (bicyclic) bond motifs is 1. The number of hydrogen-bond acceptors (Lipinski definition) is 6. The zero-order valence-corrected chi connectivity index (χ0v) is 10.8. The Morgan fingerprint density at radius 1 is 1.58 bits per heavy atom. The van der Waals surface area contributed by atoms with Gasteiger partial charge in [0.15, 0.2) is 0 Å². The molecular formula is C11H12N4O3S. The van der Waals surface area contributed by atoms with Crippen LogP contribution in [0.3, 0.4) is 0 Å². The molecule has 2 aromatic heterocycles. The van der Waals surface area contributed by atoms with Gasteiger partial charge in [0.1, 0.15) is 5.51 Å². The molecule has 0 radical (unpaired) electrons. The van der Waals surface area contributed by atoms with Gasteiger partial charge in [-0.05, 0) is 13.0 Å². The van der Waals surface area contributed by atoms with E-state index in [9.17, 15) is 9.59 Å². The number of aromatic nitrogens is 3. The summed E-state index contributed by atoms with van der Waals surface area (Å²) >= 11 is 1.31. The highest BCUT2D eigenvalue weighted by Crippen LogP contribution is 2.18. The molecule has 0 aromatic carbocycles. The fourth-order valence-electron chi connectivity index (χ4n) is 2.29. The Morgan fingerprint density at radius 2 is 2.42 bits per heavy atom. The highest BCUT2D eigenvalue weighted by molar-refractivity contribution is 7.14. The first kappa shape index (κ1) is 12.2. The Bertz CT molecular complexity index is 680. The van der Waals surface area contributed by atoms with E-state index in [4.69, 9.17) is 5.11 Å². The summed E-state index contributed by atoms with van der Waals surface area (Å²) in [4.78, 5) is 29.6. The van der Waals surface area contributed by atoms with Crippen molar-refractivity contribution in [3.05, 3.63) is 27.6 Å². The molecule has 1 aliphatic rings. The molecule has 2 aromatic rings. The number of carbonyl (C=O) groups is 1. The molecule has 1 N–H and O–H groups in total. The summed E-state index contributed by atoms with van der Waals surface area (Å²) in [6.07, 6.45) is 0.650. The van der Waals surface area contributed by atoms with Gasteiger partial charge < -0.3 is 5.11 Å². The average Bonchev–Trinajstić information content (AvgIpc) is 2.97. The molecule has 1 atom stereocenters. The summed E-state index contributed by atoms with van der Waals surface area (Å²) in [7, 11) is 0. The van der Waals surface area contributed by atoms with Crippen molar-refractivity contribution in [1.82, 2.24) is 19.5 Å². The first-order valence-electron chi connectivity index (χ1n) is 5.91. The third-order valence-electron chi connectivity index (χ3n) is 3.25. The predicted octanol–water partition coefficient (Wildman–Crippen LogP) is 0.0575. The van der Waals surface area contributed by atoms with Crippen LogP contribution in [0.5, 0.6) is 0 Å². The summed E-state index contributed by atoms with van der Waals surface area (Å²) in [5.41, 5.74) is 2.04. The molecule has 8 heteroatoms. The molecule has 1 fully saturated rings. The number of carboxylic acid groups (broad SMARTS) is 1. The topological polar surface area (TPSA) is 87.8 Å². The predicted molar refractivity (Wildman–Crippen MR) is 68.2 cm³/mol. The number of aliphatic carboxylic acids is 1. The van der Waals surface area contributed by atoms with Gasteiger partial charge in [0.25, 0.3) is 5.56 Å². The number of likely N-dealkylation sites (tertiary alicyclic amines) is 1. The molecule has 1 aliphatic heterocycles. The van der Waals surface area contributed by atoms with Crippen molar-refractivity contribution < 1.29 is 9.90 Å². The molecule has 100 valence electrons. The molecule has 3 heterocycles. The van der Waals surface area contributed by atoms with Crippen molar-refractivity contribution in [3.63, 3.8) is 0 Å². The van der Waals surface area contributed by atoms with E-state index in [-0.39, 0.29) is 11.5 Å². The van der Waals surface area contributed by atoms with Crippen LogP contribution in [0.15, 0.2) is 16.4 Å². The normalized spacial score (nSPS) is 20.1. The zero-order chi connectivity index (χ0) is 13.4. The van der Waals surface area contributed by atoms with Crippen LogP contribution in [-0.4, -0.2) is 43.7 Å². The van der Waals surface area contributed by atoms with Crippen molar-refractivity contribution >= 4 is 22.3 Å². The molecule has 0 spiro atoms. The van der Waals surface area contributed by atoms with Crippen LogP contribution >= 0.6 is 11.3 Å². The summed E-state index contributed by atoms with van der Waals surface area (Å²) in [6, 6.07) is 1.46. The van der Waals surface area contributed by atoms with E-state index in [0.717, 1.165) is 6.54 Å². The third kappa shape index (κ3) is 2.36. The number of carboxylic acids is 1. The second-order valence-electron chi connectivity index (χ2n) is 4.58. The summed E-state index contributed by atoms with van der Waals surface area (Å²) < 4.78 is 1.26. The Balaban J connectivity index is 1.79. The number of hydrogen-bond donors (Lipinski definition) is 1. The standard InChI is InChI=1S/C11H12N4O3S/c16-9-3-8(13-11-15(9)12-6-19-11)5-14-2-1-7(4-14)10(17)18/h3,6-7H,1-2,4-5H2,(H,17,18). The van der Waals surface area contributed by atoms with Gasteiger partial charge in [0, 0.05) is 19.2 Å². The monoisotopic (exact) mass is 280 g/mol. The van der Waals surface area contributed by atoms with Crippen molar-refractivity contribution in [2.75, 3.05) is 13.1 Å². The average molecular weight is 280 g/mol. The molecule has 0 amide bonds. The fraction of sp³-hybridized carbons (Fsp3) is 0.455. The molecule has 1 unspecified atom stereocenters. The van der Waals surface area contributed by atoms with Gasteiger partial charge in [-0.15, -0.1) is 0 Å². The number of rotatable bonds is 3. The fourth-order valence-corrected chi connectivity index (χ4v) is 2.93. The Hall–Kier alpha value is -1.80. The Kier molecular flexibility index (Phi) is 3.03. The SMILES string of the molecule is O=C(O)C1CCN(Cc2cc(=O)n3ncsc3n2)C1. The summed E-state index contributed by atoms with van der Waals surface area (Å²) in [5, 5.41) is 12.8. The smallest absolute Gasteiger partial charge is 0.307 e. The summed E-state index contributed by atoms with van der Waals surface area (Å²) in [6.45, 7) is 1.74. The van der Waals surface area contributed by atoms with Gasteiger partial charge >= 0.3 is 5.97 Å². The molecular weight excluding hydrogens is 268 g/mol. The molecule has 0 aliphatic carbocycles. The lowest BCUT2D eigenvalue weighted by molar-refractivity contribution is -0.141. The molecule has 7 nitrogen and oxygen atoms in total. The second kappa shape index (κ2) is 4.71. The van der Waals surface area contributed by atoms with Crippen LogP contribution in [-0.2, 0) is 11.3 Å². The van der Waals surface area contributed by atoms with Gasteiger partial charge in [-0.3, -0.25) is 14.5 Å². The minimum atomic E-state index is -0.756. The highest BCUT2D eigenvalue weighted by Gasteiger charge is 2.28. The number of nitrogens with zero attached hydrogens (tertiary/aromatic N) is 4. The van der Waals surface area contributed by atoms with Crippen LogP contribution in [0.4, 0.5) is 0 Å². The van der Waals surface area contributed by atoms with E-state index in [1.165, 1.54) is 21.9 Å². The zero-order valence-electron chi connectivity index (χ0n) is 10.0. The van der Waals surface area contributed by atoms with Crippen molar-refractivity contribution in [2.45, 2.75) is 13.0 Å². The van der Waals surface area contributed by atoms with Crippen LogP contribution in [0.2, 0.25) is 0 Å². The van der Waals surface area contributed by atoms with Gasteiger partial charge in [-0.25, -0.2) is 4.98 Å². The molecule has 0 bridgehead atoms. The van der Waals surface area contributed by atoms with E-state index in [0.29, 0.717) is 30.2 Å². The van der Waals surface area contributed by atoms with E-state index < -0.39 is 5.97 Å². The highest BCUT2D eigenvalue weighted by atomic mass is 32.1. The van der Waals surface area contributed by atoms with Crippen LogP contribution in [0.1, 0.15) is 12.1 Å². The first-order chi connectivity index (χ1) is 9.13. The van der Waals surface area contributed by atoms with E-state index >= 15 is 0 Å². The molecule has 0 saturated carbocycles. The van der Waals surface area contributed by atoms with Crippen LogP contribution in [0, 0.1) is 5.92 Å². The first-order valence-corrected chi connectivity index (χ1v) is 6.79. The van der Waals surface area contributed by atoms with Crippen molar-refractivity contribution in [2.24, 2.45) is 5.92 Å². The lowest BCUT2D eigenvalue weighted by atomic mass is 10.1. The van der Waals surface area contributed by atoms with Crippen molar-refractivity contribution in [1.29, 1.82) is 0 Å². The lowest BCUT2D eigenvalue weighted by Crippen LogP contribution is -2.25. The van der Waals surface area contributed by atoms with Gasteiger partial charge in [0.2, 0.25) is 4.96 Å². The van der Waals surface area contributed by atoms with Gasteiger partial charge in [0.05, 0.1) is 11.6 Å². The van der Waals surface area contributed by atoms with Gasteiger partial charge in [-0.2, -0.15) is 9.61 Å². The third-order valence-corrected chi connectivity index (χ3v) is 3.92. The maximum atomic E-state index is 11.8. The maximum absolute atomic E-state index is 11.8. The van der Waals surface area contributed by atoms with E-state index in [1.807, 2.05) is 4.90 Å². The van der Waals surface area contributed by atoms with Crippen LogP contribution in [0.25, 0.3) is 4.96 Å². The second-order valence-corrected chi connectivity index (χ2v) is 5.39. The van der Waals surface area contributed by atoms with Crippen LogP contribution < -0.4 is 5.56 Å². The molecule has 3 rings (SSSR count). The Morgan fingerprint density at radius 3 is 3.16 bits per heavy atom. The van der Waals surface area contributed by atoms with Crippen molar-refractivity contribution in [3.8, 4) is 0 Å².